The number of piperidine rings is 1. The van der Waals surface area contributed by atoms with Crippen molar-refractivity contribution in [3.05, 3.63) is 29.3 Å². The van der Waals surface area contributed by atoms with Crippen molar-refractivity contribution in [1.29, 1.82) is 0 Å². The summed E-state index contributed by atoms with van der Waals surface area (Å²) in [4.78, 5) is 14.2. The van der Waals surface area contributed by atoms with E-state index >= 15 is 0 Å². The van der Waals surface area contributed by atoms with E-state index in [2.05, 4.69) is 23.2 Å². The van der Waals surface area contributed by atoms with Crippen LogP contribution >= 0.6 is 0 Å². The maximum absolute atomic E-state index is 12.1. The molecule has 0 aromatic heterocycles. The summed E-state index contributed by atoms with van der Waals surface area (Å²) in [5.41, 5.74) is 9.16. The SMILES string of the molecule is Cc1cccc(NC(=O)CN2CCCC(N)C2)c1C. The third kappa shape index (κ3) is 3.78. The summed E-state index contributed by atoms with van der Waals surface area (Å²) in [7, 11) is 0. The molecule has 1 heterocycles. The van der Waals surface area contributed by atoms with Crippen LogP contribution in [0.4, 0.5) is 5.69 Å². The zero-order valence-electron chi connectivity index (χ0n) is 11.8. The number of aryl methyl sites for hydroxylation is 1. The van der Waals surface area contributed by atoms with Crippen LogP contribution in [0.25, 0.3) is 0 Å². The Morgan fingerprint density at radius 1 is 1.47 bits per heavy atom. The van der Waals surface area contributed by atoms with Gasteiger partial charge in [-0.3, -0.25) is 9.69 Å². The third-order valence-electron chi connectivity index (χ3n) is 3.79. The Kier molecular flexibility index (Phi) is 4.56. The highest BCUT2D eigenvalue weighted by atomic mass is 16.2. The molecule has 4 heteroatoms. The van der Waals surface area contributed by atoms with E-state index in [4.69, 9.17) is 5.73 Å². The van der Waals surface area contributed by atoms with Gasteiger partial charge in [0.25, 0.3) is 0 Å². The minimum absolute atomic E-state index is 0.0443. The number of benzene rings is 1. The lowest BCUT2D eigenvalue weighted by atomic mass is 10.1. The topological polar surface area (TPSA) is 58.4 Å². The molecule has 4 nitrogen and oxygen atoms in total. The zero-order valence-corrected chi connectivity index (χ0v) is 11.8. The molecule has 1 amide bonds. The highest BCUT2D eigenvalue weighted by Gasteiger charge is 2.19. The maximum Gasteiger partial charge on any atom is 0.238 e. The van der Waals surface area contributed by atoms with Crippen LogP contribution in [0, 0.1) is 13.8 Å². The number of nitrogens with zero attached hydrogens (tertiary/aromatic N) is 1. The predicted molar refractivity (Wildman–Crippen MR) is 78.2 cm³/mol. The normalized spacial score (nSPS) is 20.3. The minimum atomic E-state index is 0.0443. The van der Waals surface area contributed by atoms with Gasteiger partial charge in [0, 0.05) is 18.3 Å². The summed E-state index contributed by atoms with van der Waals surface area (Å²) in [6, 6.07) is 6.17. The van der Waals surface area contributed by atoms with Gasteiger partial charge in [-0.1, -0.05) is 12.1 Å². The maximum atomic E-state index is 12.1. The average Bonchev–Trinajstić information content (AvgIpc) is 2.35. The lowest BCUT2D eigenvalue weighted by Crippen LogP contribution is -2.45. The highest BCUT2D eigenvalue weighted by molar-refractivity contribution is 5.93. The molecule has 0 bridgehead atoms. The van der Waals surface area contributed by atoms with Crippen LogP contribution in [0.5, 0.6) is 0 Å². The molecule has 0 saturated carbocycles. The molecule has 104 valence electrons. The number of hydrogen-bond acceptors (Lipinski definition) is 3. The zero-order chi connectivity index (χ0) is 13.8. The average molecular weight is 261 g/mol. The van der Waals surface area contributed by atoms with E-state index in [0.29, 0.717) is 6.54 Å². The molecule has 1 saturated heterocycles. The van der Waals surface area contributed by atoms with Crippen LogP contribution in [-0.4, -0.2) is 36.5 Å². The monoisotopic (exact) mass is 261 g/mol. The molecule has 19 heavy (non-hydrogen) atoms. The molecule has 0 aliphatic carbocycles. The summed E-state index contributed by atoms with van der Waals surface area (Å²) < 4.78 is 0. The van der Waals surface area contributed by atoms with Crippen LogP contribution in [0.15, 0.2) is 18.2 Å². The smallest absolute Gasteiger partial charge is 0.238 e. The molecule has 0 spiro atoms. The minimum Gasteiger partial charge on any atom is -0.327 e. The fraction of sp³-hybridized carbons (Fsp3) is 0.533. The van der Waals surface area contributed by atoms with Crippen LogP contribution in [0.3, 0.4) is 0 Å². The Bertz CT molecular complexity index is 459. The standard InChI is InChI=1S/C15H23N3O/c1-11-5-3-7-14(12(11)2)17-15(19)10-18-8-4-6-13(16)9-18/h3,5,7,13H,4,6,8-10,16H2,1-2H3,(H,17,19). The molecule has 1 atom stereocenters. The second-order valence-electron chi connectivity index (χ2n) is 5.43. The van der Waals surface area contributed by atoms with Gasteiger partial charge in [0.2, 0.25) is 5.91 Å². The quantitative estimate of drug-likeness (QED) is 0.870. The predicted octanol–water partition coefficient (Wildman–Crippen LogP) is 1.67. The van der Waals surface area contributed by atoms with Gasteiger partial charge in [-0.25, -0.2) is 0 Å². The van der Waals surface area contributed by atoms with Gasteiger partial charge in [0.05, 0.1) is 6.54 Å². The molecule has 1 fully saturated rings. The van der Waals surface area contributed by atoms with Crippen molar-refractivity contribution in [2.75, 3.05) is 25.0 Å². The van der Waals surface area contributed by atoms with Crippen molar-refractivity contribution in [2.45, 2.75) is 32.7 Å². The fourth-order valence-corrected chi connectivity index (χ4v) is 2.51. The number of likely N-dealkylation sites (tertiary alicyclic amines) is 1. The molecule has 3 N–H and O–H groups in total. The van der Waals surface area contributed by atoms with Crippen LogP contribution in [0.2, 0.25) is 0 Å². The number of nitrogens with two attached hydrogens (primary N) is 1. The van der Waals surface area contributed by atoms with Crippen LogP contribution in [-0.2, 0) is 4.79 Å². The van der Waals surface area contributed by atoms with Crippen molar-refractivity contribution in [3.8, 4) is 0 Å². The first-order valence-corrected chi connectivity index (χ1v) is 6.90. The fourth-order valence-electron chi connectivity index (χ4n) is 2.51. The van der Waals surface area contributed by atoms with Gasteiger partial charge in [0.15, 0.2) is 0 Å². The molecular weight excluding hydrogens is 238 g/mol. The van der Waals surface area contributed by atoms with E-state index in [0.717, 1.165) is 37.2 Å². The lowest BCUT2D eigenvalue weighted by molar-refractivity contribution is -0.117. The Morgan fingerprint density at radius 2 is 2.26 bits per heavy atom. The third-order valence-corrected chi connectivity index (χ3v) is 3.79. The van der Waals surface area contributed by atoms with Gasteiger partial charge >= 0.3 is 0 Å². The second kappa shape index (κ2) is 6.17. The molecule has 1 aromatic carbocycles. The number of nitrogens with one attached hydrogen (secondary N) is 1. The van der Waals surface area contributed by atoms with Crippen molar-refractivity contribution >= 4 is 11.6 Å². The van der Waals surface area contributed by atoms with E-state index in [1.165, 1.54) is 5.56 Å². The lowest BCUT2D eigenvalue weighted by Gasteiger charge is -2.30. The molecular formula is C15H23N3O. The number of carbonyl (C=O) groups is 1. The van der Waals surface area contributed by atoms with Crippen molar-refractivity contribution in [2.24, 2.45) is 5.73 Å². The van der Waals surface area contributed by atoms with Gasteiger partial charge in [-0.05, 0) is 50.4 Å². The summed E-state index contributed by atoms with van der Waals surface area (Å²) >= 11 is 0. The van der Waals surface area contributed by atoms with Crippen LogP contribution < -0.4 is 11.1 Å². The molecule has 0 radical (unpaired) electrons. The summed E-state index contributed by atoms with van der Waals surface area (Å²) in [6.45, 7) is 6.30. The molecule has 1 aliphatic heterocycles. The van der Waals surface area contributed by atoms with Crippen molar-refractivity contribution in [3.63, 3.8) is 0 Å². The number of anilines is 1. The summed E-state index contributed by atoms with van der Waals surface area (Å²) in [5.74, 6) is 0.0443. The first-order valence-electron chi connectivity index (χ1n) is 6.90. The molecule has 1 unspecified atom stereocenters. The number of hydrogen-bond donors (Lipinski definition) is 2. The Hall–Kier alpha value is -1.39. The van der Waals surface area contributed by atoms with E-state index in [-0.39, 0.29) is 11.9 Å². The molecule has 1 aliphatic rings. The largest absolute Gasteiger partial charge is 0.327 e. The van der Waals surface area contributed by atoms with E-state index in [1.807, 2.05) is 19.1 Å². The molecule has 1 aromatic rings. The Morgan fingerprint density at radius 3 is 3.00 bits per heavy atom. The first-order chi connectivity index (χ1) is 9.06. The van der Waals surface area contributed by atoms with E-state index in [9.17, 15) is 4.79 Å². The Labute approximate surface area is 115 Å². The van der Waals surface area contributed by atoms with Crippen molar-refractivity contribution in [1.82, 2.24) is 4.90 Å². The Balaban J connectivity index is 1.92. The van der Waals surface area contributed by atoms with Gasteiger partial charge in [-0.15, -0.1) is 0 Å². The van der Waals surface area contributed by atoms with E-state index < -0.39 is 0 Å². The number of carbonyl (C=O) groups excluding carboxylic acids is 1. The highest BCUT2D eigenvalue weighted by Crippen LogP contribution is 2.18. The van der Waals surface area contributed by atoms with Crippen molar-refractivity contribution < 1.29 is 4.79 Å². The van der Waals surface area contributed by atoms with Gasteiger partial charge < -0.3 is 11.1 Å². The number of rotatable bonds is 3. The first kappa shape index (κ1) is 14.0. The van der Waals surface area contributed by atoms with Crippen LogP contribution in [0.1, 0.15) is 24.0 Å². The number of amides is 1. The summed E-state index contributed by atoms with van der Waals surface area (Å²) in [6.07, 6.45) is 2.15. The van der Waals surface area contributed by atoms with Gasteiger partial charge in [-0.2, -0.15) is 0 Å². The molecule has 2 rings (SSSR count). The van der Waals surface area contributed by atoms with E-state index in [1.54, 1.807) is 0 Å². The second-order valence-corrected chi connectivity index (χ2v) is 5.43. The van der Waals surface area contributed by atoms with Gasteiger partial charge in [0.1, 0.15) is 0 Å². The summed E-state index contributed by atoms with van der Waals surface area (Å²) in [5, 5.41) is 2.99.